The number of fused-ring (bicyclic) bond motifs is 3. The van der Waals surface area contributed by atoms with Gasteiger partial charge in [0, 0.05) is 18.0 Å². The van der Waals surface area contributed by atoms with Crippen molar-refractivity contribution in [3.8, 4) is 11.4 Å². The molecule has 2 aliphatic rings. The van der Waals surface area contributed by atoms with E-state index < -0.39 is 0 Å². The first-order chi connectivity index (χ1) is 16.0. The van der Waals surface area contributed by atoms with Crippen molar-refractivity contribution in [3.63, 3.8) is 0 Å². The highest BCUT2D eigenvalue weighted by molar-refractivity contribution is 7.99. The molecule has 0 atom stereocenters. The van der Waals surface area contributed by atoms with Crippen LogP contribution in [0.4, 0.5) is 0 Å². The third-order valence-corrected chi connectivity index (χ3v) is 8.86. The fourth-order valence-electron chi connectivity index (χ4n) is 4.72. The predicted molar refractivity (Wildman–Crippen MR) is 134 cm³/mol. The van der Waals surface area contributed by atoms with Crippen molar-refractivity contribution in [2.75, 3.05) is 26.0 Å². The number of carbonyl (C=O) groups is 1. The van der Waals surface area contributed by atoms with Crippen LogP contribution in [0.3, 0.4) is 0 Å². The van der Waals surface area contributed by atoms with Crippen molar-refractivity contribution in [3.05, 3.63) is 45.1 Å². The van der Waals surface area contributed by atoms with Crippen LogP contribution in [-0.4, -0.2) is 46.3 Å². The molecule has 33 heavy (non-hydrogen) atoms. The summed E-state index contributed by atoms with van der Waals surface area (Å²) >= 11 is 3.01. The predicted octanol–water partition coefficient (Wildman–Crippen LogP) is 4.69. The van der Waals surface area contributed by atoms with Crippen LogP contribution in [0.5, 0.6) is 5.75 Å². The molecule has 0 bridgehead atoms. The Kier molecular flexibility index (Phi) is 6.47. The van der Waals surface area contributed by atoms with Gasteiger partial charge in [0.2, 0.25) is 5.91 Å². The lowest BCUT2D eigenvalue weighted by Crippen LogP contribution is -2.39. The van der Waals surface area contributed by atoms with Crippen molar-refractivity contribution in [2.45, 2.75) is 50.6 Å². The molecule has 0 N–H and O–H groups in total. The van der Waals surface area contributed by atoms with Crippen molar-refractivity contribution < 1.29 is 9.53 Å². The normalized spacial score (nSPS) is 16.7. The highest BCUT2D eigenvalue weighted by atomic mass is 32.2. The Morgan fingerprint density at radius 3 is 2.64 bits per heavy atom. The number of likely N-dealkylation sites (tertiary alicyclic amines) is 1. The molecule has 3 heterocycles. The average molecular weight is 484 g/mol. The average Bonchev–Trinajstić information content (AvgIpc) is 3.22. The maximum atomic E-state index is 13.8. The van der Waals surface area contributed by atoms with Gasteiger partial charge in [0.15, 0.2) is 5.16 Å². The summed E-state index contributed by atoms with van der Waals surface area (Å²) in [7, 11) is 1.63. The molecule has 0 saturated carbocycles. The Labute approximate surface area is 202 Å². The Bertz CT molecular complexity index is 1220. The van der Waals surface area contributed by atoms with E-state index in [0.29, 0.717) is 11.1 Å². The van der Waals surface area contributed by atoms with Gasteiger partial charge < -0.3 is 9.64 Å². The van der Waals surface area contributed by atoms with Gasteiger partial charge >= 0.3 is 0 Å². The number of thiophene rings is 1. The van der Waals surface area contributed by atoms with E-state index in [9.17, 15) is 9.59 Å². The summed E-state index contributed by atoms with van der Waals surface area (Å²) in [5, 5.41) is 1.33. The lowest BCUT2D eigenvalue weighted by molar-refractivity contribution is -0.129. The van der Waals surface area contributed by atoms with Crippen molar-refractivity contribution in [1.82, 2.24) is 14.5 Å². The van der Waals surface area contributed by atoms with Gasteiger partial charge in [-0.1, -0.05) is 18.7 Å². The lowest BCUT2D eigenvalue weighted by atomic mass is 9.97. The largest absolute Gasteiger partial charge is 0.497 e. The van der Waals surface area contributed by atoms with Crippen LogP contribution in [0.25, 0.3) is 15.9 Å². The van der Waals surface area contributed by atoms with Crippen molar-refractivity contribution >= 4 is 39.2 Å². The van der Waals surface area contributed by atoms with Gasteiger partial charge in [-0.15, -0.1) is 11.3 Å². The molecule has 5 rings (SSSR count). The topological polar surface area (TPSA) is 64.4 Å². The minimum atomic E-state index is -0.0358. The summed E-state index contributed by atoms with van der Waals surface area (Å²) in [5.41, 5.74) is 1.88. The van der Waals surface area contributed by atoms with Gasteiger partial charge in [0.25, 0.3) is 5.56 Å². The Balaban J connectivity index is 1.53. The molecule has 1 amide bonds. The number of amides is 1. The number of nitrogens with zero attached hydrogens (tertiary/aromatic N) is 3. The van der Waals surface area contributed by atoms with Crippen LogP contribution >= 0.6 is 23.1 Å². The lowest BCUT2D eigenvalue weighted by Gasteiger charge is -2.30. The second kappa shape index (κ2) is 9.50. The molecule has 2 aromatic heterocycles. The fraction of sp³-hybridized carbons (Fsp3) is 0.480. The van der Waals surface area contributed by atoms with Gasteiger partial charge in [-0.2, -0.15) is 0 Å². The summed E-state index contributed by atoms with van der Waals surface area (Å²) in [6.07, 6.45) is 6.34. The molecule has 1 aliphatic carbocycles. The zero-order chi connectivity index (χ0) is 22.9. The maximum absolute atomic E-state index is 13.8. The van der Waals surface area contributed by atoms with E-state index in [1.54, 1.807) is 23.0 Å². The van der Waals surface area contributed by atoms with Crippen LogP contribution in [0.15, 0.2) is 34.2 Å². The Hall–Kier alpha value is -2.32. The van der Waals surface area contributed by atoms with E-state index in [1.807, 2.05) is 29.2 Å². The van der Waals surface area contributed by atoms with E-state index in [0.717, 1.165) is 73.3 Å². The molecule has 8 heteroatoms. The standard InChI is InChI=1S/C25H29N3O3S2/c1-16-11-13-27(14-12-16)21(29)15-32-25-26-23-22(19-5-3-4-6-20(19)33-23)24(30)28(25)17-7-9-18(31-2)10-8-17/h7-10,16H,3-6,11-15H2,1-2H3. The monoisotopic (exact) mass is 483 g/mol. The molecule has 3 aromatic rings. The minimum Gasteiger partial charge on any atom is -0.497 e. The molecule has 1 fully saturated rings. The van der Waals surface area contributed by atoms with Crippen LogP contribution in [-0.2, 0) is 17.6 Å². The molecular formula is C25H29N3O3S2. The summed E-state index contributed by atoms with van der Waals surface area (Å²) in [5.74, 6) is 1.81. The molecule has 6 nitrogen and oxygen atoms in total. The zero-order valence-electron chi connectivity index (χ0n) is 19.1. The quantitative estimate of drug-likeness (QED) is 0.389. The number of hydrogen-bond acceptors (Lipinski definition) is 6. The molecular weight excluding hydrogens is 454 g/mol. The number of thioether (sulfide) groups is 1. The number of aromatic nitrogens is 2. The Morgan fingerprint density at radius 1 is 1.18 bits per heavy atom. The number of benzene rings is 1. The maximum Gasteiger partial charge on any atom is 0.267 e. The van der Waals surface area contributed by atoms with Crippen LogP contribution in [0, 0.1) is 5.92 Å². The number of rotatable bonds is 5. The third kappa shape index (κ3) is 4.43. The van der Waals surface area contributed by atoms with Crippen molar-refractivity contribution in [2.24, 2.45) is 5.92 Å². The highest BCUT2D eigenvalue weighted by Crippen LogP contribution is 2.35. The second-order valence-corrected chi connectivity index (χ2v) is 11.0. The van der Waals surface area contributed by atoms with E-state index in [-0.39, 0.29) is 17.2 Å². The van der Waals surface area contributed by atoms with Gasteiger partial charge in [0.05, 0.1) is 23.9 Å². The Morgan fingerprint density at radius 2 is 1.91 bits per heavy atom. The summed E-state index contributed by atoms with van der Waals surface area (Å²) in [6.45, 7) is 3.87. The highest BCUT2D eigenvalue weighted by Gasteiger charge is 2.25. The smallest absolute Gasteiger partial charge is 0.267 e. The summed E-state index contributed by atoms with van der Waals surface area (Å²) in [6, 6.07) is 7.46. The number of carbonyl (C=O) groups excluding carboxylic acids is 1. The number of ether oxygens (including phenoxy) is 1. The van der Waals surface area contributed by atoms with E-state index in [1.165, 1.54) is 22.2 Å². The van der Waals surface area contributed by atoms with Crippen molar-refractivity contribution in [1.29, 1.82) is 0 Å². The minimum absolute atomic E-state index is 0.0358. The molecule has 1 aromatic carbocycles. The van der Waals surface area contributed by atoms with E-state index in [4.69, 9.17) is 9.72 Å². The summed E-state index contributed by atoms with van der Waals surface area (Å²) < 4.78 is 6.97. The number of aryl methyl sites for hydroxylation is 2. The molecule has 0 spiro atoms. The van der Waals surface area contributed by atoms with Gasteiger partial charge in [0.1, 0.15) is 10.6 Å². The molecule has 0 radical (unpaired) electrons. The third-order valence-electron chi connectivity index (χ3n) is 6.75. The SMILES string of the molecule is COc1ccc(-n2c(SCC(=O)N3CCC(C)CC3)nc3sc4c(c3c2=O)CCCC4)cc1. The molecule has 174 valence electrons. The first kappa shape index (κ1) is 22.5. The van der Waals surface area contributed by atoms with Crippen LogP contribution < -0.4 is 10.3 Å². The number of piperidine rings is 1. The van der Waals surface area contributed by atoms with E-state index in [2.05, 4.69) is 6.92 Å². The summed E-state index contributed by atoms with van der Waals surface area (Å²) in [4.78, 5) is 35.7. The number of methoxy groups -OCH3 is 1. The first-order valence-electron chi connectivity index (χ1n) is 11.7. The second-order valence-electron chi connectivity index (χ2n) is 8.98. The number of hydrogen-bond donors (Lipinski definition) is 0. The van der Waals surface area contributed by atoms with Crippen LogP contribution in [0.1, 0.15) is 43.0 Å². The fourth-order valence-corrected chi connectivity index (χ4v) is 6.94. The van der Waals surface area contributed by atoms with Gasteiger partial charge in [-0.05, 0) is 74.3 Å². The van der Waals surface area contributed by atoms with Gasteiger partial charge in [-0.3, -0.25) is 14.2 Å². The zero-order valence-corrected chi connectivity index (χ0v) is 20.8. The first-order valence-corrected chi connectivity index (χ1v) is 13.5. The molecule has 1 aliphatic heterocycles. The van der Waals surface area contributed by atoms with E-state index >= 15 is 0 Å². The van der Waals surface area contributed by atoms with Crippen LogP contribution in [0.2, 0.25) is 0 Å². The molecule has 0 unspecified atom stereocenters. The van der Waals surface area contributed by atoms with Gasteiger partial charge in [-0.25, -0.2) is 4.98 Å². The molecule has 1 saturated heterocycles.